The second-order valence-corrected chi connectivity index (χ2v) is 12.9. The lowest BCUT2D eigenvalue weighted by molar-refractivity contribution is -0.142. The summed E-state index contributed by atoms with van der Waals surface area (Å²) in [6.07, 6.45) is 1.18. The van der Waals surface area contributed by atoms with Gasteiger partial charge in [-0.3, -0.25) is 9.59 Å². The van der Waals surface area contributed by atoms with Gasteiger partial charge in [0.1, 0.15) is 11.8 Å². The van der Waals surface area contributed by atoms with Crippen molar-refractivity contribution in [1.82, 2.24) is 14.5 Å². The molecular weight excluding hydrogens is 566 g/mol. The van der Waals surface area contributed by atoms with Crippen LogP contribution in [-0.2, 0) is 37.3 Å². The van der Waals surface area contributed by atoms with E-state index in [0.29, 0.717) is 50.9 Å². The summed E-state index contributed by atoms with van der Waals surface area (Å²) in [5.74, 6) is 0.216. The third-order valence-electron chi connectivity index (χ3n) is 7.28. The van der Waals surface area contributed by atoms with Gasteiger partial charge in [-0.15, -0.1) is 0 Å². The number of carbonyl (C=O) groups excluding carboxylic acids is 2. The standard InChI is InChI=1S/C33H41N3O6S/c1-26(2)17-18-34-33(38)31(23-27-9-5-3-6-10-27)36(24-28-11-7-4-8-12-28)32(37)25-42-29-13-15-30(16-14-29)43(39,40)35-19-21-41-22-20-35/h3-16,26,31H,17-25H2,1-2H3,(H,34,38)/t31-/m1/s1. The molecule has 0 radical (unpaired) electrons. The molecule has 2 amide bonds. The van der Waals surface area contributed by atoms with E-state index in [-0.39, 0.29) is 29.9 Å². The van der Waals surface area contributed by atoms with Crippen LogP contribution in [0.3, 0.4) is 0 Å². The molecule has 1 heterocycles. The first-order chi connectivity index (χ1) is 20.7. The molecule has 10 heteroatoms. The van der Waals surface area contributed by atoms with Crippen LogP contribution in [0.5, 0.6) is 5.75 Å². The number of hydrogen-bond acceptors (Lipinski definition) is 6. The maximum atomic E-state index is 13.8. The maximum absolute atomic E-state index is 13.8. The minimum absolute atomic E-state index is 0.153. The molecule has 3 aromatic rings. The Morgan fingerprint density at radius 3 is 2.12 bits per heavy atom. The fourth-order valence-electron chi connectivity index (χ4n) is 4.81. The van der Waals surface area contributed by atoms with E-state index in [9.17, 15) is 18.0 Å². The molecule has 0 aliphatic carbocycles. The molecule has 230 valence electrons. The van der Waals surface area contributed by atoms with Crippen molar-refractivity contribution in [3.8, 4) is 5.75 Å². The van der Waals surface area contributed by atoms with Crippen molar-refractivity contribution >= 4 is 21.8 Å². The van der Waals surface area contributed by atoms with E-state index < -0.39 is 16.1 Å². The molecule has 43 heavy (non-hydrogen) atoms. The summed E-state index contributed by atoms with van der Waals surface area (Å²) in [7, 11) is -3.64. The number of benzene rings is 3. The highest BCUT2D eigenvalue weighted by atomic mass is 32.2. The van der Waals surface area contributed by atoms with Crippen LogP contribution in [0.4, 0.5) is 0 Å². The lowest BCUT2D eigenvalue weighted by Crippen LogP contribution is -2.52. The summed E-state index contributed by atoms with van der Waals surface area (Å²) in [4.78, 5) is 29.1. The molecule has 1 aliphatic rings. The number of hydrogen-bond donors (Lipinski definition) is 1. The first-order valence-electron chi connectivity index (χ1n) is 14.7. The largest absolute Gasteiger partial charge is 0.484 e. The SMILES string of the molecule is CC(C)CCNC(=O)[C@@H](Cc1ccccc1)N(Cc1ccccc1)C(=O)COc1ccc(S(=O)(=O)N2CCOCC2)cc1. The van der Waals surface area contributed by atoms with Gasteiger partial charge in [0.15, 0.2) is 6.61 Å². The molecule has 1 aliphatic heterocycles. The van der Waals surface area contributed by atoms with Crippen molar-refractivity contribution in [3.63, 3.8) is 0 Å². The number of nitrogens with one attached hydrogen (secondary N) is 1. The molecule has 1 atom stereocenters. The van der Waals surface area contributed by atoms with Crippen molar-refractivity contribution in [2.75, 3.05) is 39.5 Å². The van der Waals surface area contributed by atoms with Gasteiger partial charge in [0.2, 0.25) is 15.9 Å². The fraction of sp³-hybridized carbons (Fsp3) is 0.394. The van der Waals surface area contributed by atoms with Gasteiger partial charge in [0.25, 0.3) is 5.91 Å². The van der Waals surface area contributed by atoms with Crippen LogP contribution in [0.2, 0.25) is 0 Å². The second kappa shape index (κ2) is 15.7. The van der Waals surface area contributed by atoms with Crippen molar-refractivity contribution < 1.29 is 27.5 Å². The Kier molecular flexibility index (Phi) is 11.7. The third kappa shape index (κ3) is 9.38. The Morgan fingerprint density at radius 1 is 0.907 bits per heavy atom. The van der Waals surface area contributed by atoms with Crippen LogP contribution in [0.15, 0.2) is 89.8 Å². The van der Waals surface area contributed by atoms with E-state index in [0.717, 1.165) is 17.5 Å². The average molecular weight is 608 g/mol. The van der Waals surface area contributed by atoms with Gasteiger partial charge in [0, 0.05) is 32.6 Å². The van der Waals surface area contributed by atoms with E-state index >= 15 is 0 Å². The highest BCUT2D eigenvalue weighted by molar-refractivity contribution is 7.89. The number of morpholine rings is 1. The third-order valence-corrected chi connectivity index (χ3v) is 9.19. The first kappa shape index (κ1) is 32.2. The van der Waals surface area contributed by atoms with E-state index in [1.165, 1.54) is 16.4 Å². The average Bonchev–Trinajstić information content (AvgIpc) is 3.03. The van der Waals surface area contributed by atoms with E-state index in [1.807, 2.05) is 60.7 Å². The Balaban J connectivity index is 1.52. The zero-order chi connectivity index (χ0) is 30.7. The molecule has 1 fully saturated rings. The molecular formula is C33H41N3O6S. The van der Waals surface area contributed by atoms with Gasteiger partial charge < -0.3 is 19.7 Å². The fourth-order valence-corrected chi connectivity index (χ4v) is 6.22. The number of rotatable bonds is 14. The molecule has 0 aromatic heterocycles. The van der Waals surface area contributed by atoms with Crippen molar-refractivity contribution in [2.45, 2.75) is 44.2 Å². The first-order valence-corrected chi connectivity index (χ1v) is 16.1. The van der Waals surface area contributed by atoms with Gasteiger partial charge in [-0.1, -0.05) is 74.5 Å². The number of carbonyl (C=O) groups is 2. The van der Waals surface area contributed by atoms with Gasteiger partial charge in [-0.25, -0.2) is 8.42 Å². The van der Waals surface area contributed by atoms with Gasteiger partial charge in [0.05, 0.1) is 18.1 Å². The molecule has 1 saturated heterocycles. The minimum atomic E-state index is -3.64. The molecule has 0 spiro atoms. The second-order valence-electron chi connectivity index (χ2n) is 11.0. The van der Waals surface area contributed by atoms with E-state index in [4.69, 9.17) is 9.47 Å². The normalized spacial score (nSPS) is 14.7. The Labute approximate surface area is 254 Å². The highest BCUT2D eigenvalue weighted by Crippen LogP contribution is 2.21. The molecule has 0 unspecified atom stereocenters. The quantitative estimate of drug-likeness (QED) is 0.298. The molecule has 0 saturated carbocycles. The molecule has 3 aromatic carbocycles. The smallest absolute Gasteiger partial charge is 0.261 e. The summed E-state index contributed by atoms with van der Waals surface area (Å²) in [6.45, 7) is 5.98. The van der Waals surface area contributed by atoms with Gasteiger partial charge >= 0.3 is 0 Å². The van der Waals surface area contributed by atoms with Crippen LogP contribution in [0.25, 0.3) is 0 Å². The van der Waals surface area contributed by atoms with Crippen molar-refractivity contribution in [3.05, 3.63) is 96.1 Å². The monoisotopic (exact) mass is 607 g/mol. The minimum Gasteiger partial charge on any atom is -0.484 e. The zero-order valence-corrected chi connectivity index (χ0v) is 25.7. The van der Waals surface area contributed by atoms with Crippen LogP contribution in [0, 0.1) is 5.92 Å². The Morgan fingerprint density at radius 2 is 1.51 bits per heavy atom. The van der Waals surface area contributed by atoms with Crippen molar-refractivity contribution in [2.24, 2.45) is 5.92 Å². The highest BCUT2D eigenvalue weighted by Gasteiger charge is 2.31. The predicted molar refractivity (Wildman–Crippen MR) is 165 cm³/mol. The summed E-state index contributed by atoms with van der Waals surface area (Å²) in [5, 5.41) is 3.03. The summed E-state index contributed by atoms with van der Waals surface area (Å²) >= 11 is 0. The number of sulfonamides is 1. The molecule has 1 N–H and O–H groups in total. The molecule has 4 rings (SSSR count). The van der Waals surface area contributed by atoms with Crippen LogP contribution in [-0.4, -0.2) is 74.9 Å². The predicted octanol–water partition coefficient (Wildman–Crippen LogP) is 3.89. The van der Waals surface area contributed by atoms with Gasteiger partial charge in [-0.05, 0) is 47.7 Å². The Hall–Kier alpha value is -3.73. The van der Waals surface area contributed by atoms with Crippen LogP contribution < -0.4 is 10.1 Å². The zero-order valence-electron chi connectivity index (χ0n) is 24.9. The topological polar surface area (TPSA) is 105 Å². The lowest BCUT2D eigenvalue weighted by atomic mass is 10.0. The number of amides is 2. The number of nitrogens with zero attached hydrogens (tertiary/aromatic N) is 2. The Bertz CT molecular complexity index is 1410. The van der Waals surface area contributed by atoms with Gasteiger partial charge in [-0.2, -0.15) is 4.31 Å². The molecule has 9 nitrogen and oxygen atoms in total. The van der Waals surface area contributed by atoms with E-state index in [1.54, 1.807) is 17.0 Å². The molecule has 0 bridgehead atoms. The lowest BCUT2D eigenvalue weighted by Gasteiger charge is -2.31. The summed E-state index contributed by atoms with van der Waals surface area (Å²) in [5.41, 5.74) is 1.83. The van der Waals surface area contributed by atoms with Crippen molar-refractivity contribution in [1.29, 1.82) is 0 Å². The van der Waals surface area contributed by atoms with E-state index in [2.05, 4.69) is 19.2 Å². The van der Waals surface area contributed by atoms with Crippen LogP contribution in [0.1, 0.15) is 31.4 Å². The summed E-state index contributed by atoms with van der Waals surface area (Å²) < 4.78 is 38.4. The summed E-state index contributed by atoms with van der Waals surface area (Å²) in [6, 6.07) is 24.5. The van der Waals surface area contributed by atoms with Crippen LogP contribution >= 0.6 is 0 Å². The number of ether oxygens (including phenoxy) is 2. The maximum Gasteiger partial charge on any atom is 0.261 e.